The molecule has 2 heterocycles. The number of benzene rings is 2. The second-order valence-electron chi connectivity index (χ2n) is 5.72. The number of primary amides is 1. The highest BCUT2D eigenvalue weighted by Gasteiger charge is 2.11. The van der Waals surface area contributed by atoms with Crippen LogP contribution < -0.4 is 5.73 Å². The maximum Gasteiger partial charge on any atom is 0.248 e. The highest BCUT2D eigenvalue weighted by atomic mass is 35.5. The summed E-state index contributed by atoms with van der Waals surface area (Å²) < 4.78 is 15.3. The Kier molecular flexibility index (Phi) is 3.89. The van der Waals surface area contributed by atoms with E-state index in [1.165, 1.54) is 6.07 Å². The number of hydrogen-bond donors (Lipinski definition) is 1. The van der Waals surface area contributed by atoms with E-state index in [0.717, 1.165) is 16.8 Å². The number of halogens is 2. The van der Waals surface area contributed by atoms with E-state index in [2.05, 4.69) is 9.97 Å². The van der Waals surface area contributed by atoms with E-state index in [1.807, 2.05) is 10.5 Å². The van der Waals surface area contributed by atoms with Crippen molar-refractivity contribution in [3.05, 3.63) is 77.5 Å². The Morgan fingerprint density at radius 1 is 1.08 bits per heavy atom. The molecule has 2 aromatic carbocycles. The first-order valence-electron chi connectivity index (χ1n) is 7.72. The predicted molar refractivity (Wildman–Crippen MR) is 97.3 cm³/mol. The molecule has 0 fully saturated rings. The van der Waals surface area contributed by atoms with Gasteiger partial charge in [0, 0.05) is 22.9 Å². The first kappa shape index (κ1) is 16.2. The van der Waals surface area contributed by atoms with E-state index in [-0.39, 0.29) is 5.02 Å². The van der Waals surface area contributed by atoms with Gasteiger partial charge in [0.2, 0.25) is 5.91 Å². The summed E-state index contributed by atoms with van der Waals surface area (Å²) in [6, 6.07) is 11.4. The van der Waals surface area contributed by atoms with Gasteiger partial charge in [-0.05, 0) is 30.3 Å². The van der Waals surface area contributed by atoms with Gasteiger partial charge in [-0.2, -0.15) is 0 Å². The molecule has 0 radical (unpaired) electrons. The third-order valence-electron chi connectivity index (χ3n) is 4.05. The number of carbonyl (C=O) groups is 1. The standard InChI is InChI=1S/C19H12ClFN4O/c20-14-7-12(4-5-15(14)21)17-8-24-18-9-23-16(10-25(17)18)11-2-1-3-13(6-11)19(22)26/h1-10H,(H2,22,26). The van der Waals surface area contributed by atoms with Crippen LogP contribution in [0, 0.1) is 5.82 Å². The Morgan fingerprint density at radius 3 is 2.69 bits per heavy atom. The average Bonchev–Trinajstić information content (AvgIpc) is 3.07. The Labute approximate surface area is 152 Å². The smallest absolute Gasteiger partial charge is 0.248 e. The molecule has 1 amide bonds. The van der Waals surface area contributed by atoms with Crippen LogP contribution in [0.15, 0.2) is 61.1 Å². The van der Waals surface area contributed by atoms with Crippen LogP contribution in [0.2, 0.25) is 5.02 Å². The number of nitrogens with zero attached hydrogens (tertiary/aromatic N) is 3. The number of aromatic nitrogens is 3. The van der Waals surface area contributed by atoms with Crippen molar-refractivity contribution < 1.29 is 9.18 Å². The fourth-order valence-electron chi connectivity index (χ4n) is 2.74. The maximum atomic E-state index is 13.4. The van der Waals surface area contributed by atoms with Crippen molar-refractivity contribution in [1.82, 2.24) is 14.4 Å². The van der Waals surface area contributed by atoms with Crippen LogP contribution in [0.5, 0.6) is 0 Å². The molecule has 2 N–H and O–H groups in total. The molecular weight excluding hydrogens is 355 g/mol. The van der Waals surface area contributed by atoms with Crippen LogP contribution in [-0.4, -0.2) is 20.3 Å². The normalized spacial score (nSPS) is 11.0. The summed E-state index contributed by atoms with van der Waals surface area (Å²) in [6.07, 6.45) is 5.10. The number of amides is 1. The summed E-state index contributed by atoms with van der Waals surface area (Å²) >= 11 is 5.90. The Hall–Kier alpha value is -3.25. The van der Waals surface area contributed by atoms with Gasteiger partial charge in [0.1, 0.15) is 5.82 Å². The van der Waals surface area contributed by atoms with E-state index < -0.39 is 11.7 Å². The van der Waals surface area contributed by atoms with E-state index in [1.54, 1.807) is 48.9 Å². The molecule has 4 rings (SSSR count). The number of hydrogen-bond acceptors (Lipinski definition) is 3. The summed E-state index contributed by atoms with van der Waals surface area (Å²) in [5.74, 6) is -0.980. The molecule has 0 spiro atoms. The summed E-state index contributed by atoms with van der Waals surface area (Å²) in [5, 5.41) is 0.0425. The van der Waals surface area contributed by atoms with Gasteiger partial charge in [-0.15, -0.1) is 0 Å². The summed E-state index contributed by atoms with van der Waals surface area (Å²) in [6.45, 7) is 0. The topological polar surface area (TPSA) is 73.3 Å². The monoisotopic (exact) mass is 366 g/mol. The molecule has 0 saturated heterocycles. The number of carbonyl (C=O) groups excluding carboxylic acids is 1. The van der Waals surface area contributed by atoms with E-state index in [0.29, 0.717) is 16.9 Å². The van der Waals surface area contributed by atoms with Crippen LogP contribution in [-0.2, 0) is 0 Å². The molecule has 0 aliphatic rings. The van der Waals surface area contributed by atoms with E-state index in [4.69, 9.17) is 17.3 Å². The second kappa shape index (κ2) is 6.24. The molecule has 5 nitrogen and oxygen atoms in total. The first-order valence-corrected chi connectivity index (χ1v) is 8.09. The van der Waals surface area contributed by atoms with Gasteiger partial charge in [0.15, 0.2) is 5.65 Å². The van der Waals surface area contributed by atoms with Crippen molar-refractivity contribution >= 4 is 23.2 Å². The second-order valence-corrected chi connectivity index (χ2v) is 6.13. The molecule has 0 aliphatic carbocycles. The van der Waals surface area contributed by atoms with Crippen molar-refractivity contribution in [1.29, 1.82) is 0 Å². The Bertz CT molecular complexity index is 1160. The lowest BCUT2D eigenvalue weighted by Gasteiger charge is -2.07. The van der Waals surface area contributed by atoms with Crippen LogP contribution in [0.4, 0.5) is 4.39 Å². The Balaban J connectivity index is 1.86. The minimum atomic E-state index is -0.503. The minimum absolute atomic E-state index is 0.0425. The highest BCUT2D eigenvalue weighted by molar-refractivity contribution is 6.31. The zero-order chi connectivity index (χ0) is 18.3. The van der Waals surface area contributed by atoms with Gasteiger partial charge in [0.05, 0.1) is 28.8 Å². The lowest BCUT2D eigenvalue weighted by Crippen LogP contribution is -2.10. The number of nitrogens with two attached hydrogens (primary N) is 1. The van der Waals surface area contributed by atoms with E-state index in [9.17, 15) is 9.18 Å². The van der Waals surface area contributed by atoms with Crippen LogP contribution in [0.25, 0.3) is 28.2 Å². The molecule has 128 valence electrons. The molecule has 2 aromatic heterocycles. The van der Waals surface area contributed by atoms with E-state index >= 15 is 0 Å². The van der Waals surface area contributed by atoms with Crippen LogP contribution in [0.1, 0.15) is 10.4 Å². The Morgan fingerprint density at radius 2 is 1.92 bits per heavy atom. The summed E-state index contributed by atoms with van der Waals surface area (Å²) in [7, 11) is 0. The molecule has 4 aromatic rings. The number of imidazole rings is 1. The maximum absolute atomic E-state index is 13.4. The largest absolute Gasteiger partial charge is 0.366 e. The molecule has 0 aliphatic heterocycles. The quantitative estimate of drug-likeness (QED) is 0.596. The molecule has 0 unspecified atom stereocenters. The lowest BCUT2D eigenvalue weighted by molar-refractivity contribution is 0.100. The third kappa shape index (κ3) is 2.80. The SMILES string of the molecule is NC(=O)c1cccc(-c2cn3c(-c4ccc(F)c(Cl)c4)cnc3cn2)c1. The van der Waals surface area contributed by atoms with Gasteiger partial charge >= 0.3 is 0 Å². The molecule has 0 bridgehead atoms. The van der Waals surface area contributed by atoms with Crippen molar-refractivity contribution in [2.45, 2.75) is 0 Å². The minimum Gasteiger partial charge on any atom is -0.366 e. The number of fused-ring (bicyclic) bond motifs is 1. The molecule has 0 atom stereocenters. The van der Waals surface area contributed by atoms with Crippen LogP contribution in [0.3, 0.4) is 0 Å². The van der Waals surface area contributed by atoms with Gasteiger partial charge < -0.3 is 5.73 Å². The predicted octanol–water partition coefficient (Wildman–Crippen LogP) is 3.95. The zero-order valence-corrected chi connectivity index (χ0v) is 14.1. The van der Waals surface area contributed by atoms with Gasteiger partial charge in [-0.3, -0.25) is 14.2 Å². The van der Waals surface area contributed by atoms with Crippen molar-refractivity contribution in [2.24, 2.45) is 5.73 Å². The fourth-order valence-corrected chi connectivity index (χ4v) is 2.92. The number of rotatable bonds is 3. The summed E-state index contributed by atoms with van der Waals surface area (Å²) in [4.78, 5) is 20.1. The van der Waals surface area contributed by atoms with Gasteiger partial charge in [-0.1, -0.05) is 23.7 Å². The van der Waals surface area contributed by atoms with Crippen molar-refractivity contribution in [2.75, 3.05) is 0 Å². The van der Waals surface area contributed by atoms with Crippen molar-refractivity contribution in [3.8, 4) is 22.5 Å². The highest BCUT2D eigenvalue weighted by Crippen LogP contribution is 2.27. The fraction of sp³-hybridized carbons (Fsp3) is 0. The lowest BCUT2D eigenvalue weighted by atomic mass is 10.1. The molecule has 26 heavy (non-hydrogen) atoms. The van der Waals surface area contributed by atoms with Gasteiger partial charge in [-0.25, -0.2) is 9.37 Å². The molecule has 7 heteroatoms. The van der Waals surface area contributed by atoms with Crippen molar-refractivity contribution in [3.63, 3.8) is 0 Å². The average molecular weight is 367 g/mol. The molecular formula is C19H12ClFN4O. The third-order valence-corrected chi connectivity index (χ3v) is 4.34. The first-order chi connectivity index (χ1) is 12.5. The molecule has 0 saturated carbocycles. The zero-order valence-electron chi connectivity index (χ0n) is 13.4. The summed E-state index contributed by atoms with van der Waals surface area (Å²) in [5.41, 5.74) is 9.25. The van der Waals surface area contributed by atoms with Gasteiger partial charge in [0.25, 0.3) is 0 Å². The van der Waals surface area contributed by atoms with Crippen LogP contribution >= 0.6 is 11.6 Å².